The second kappa shape index (κ2) is 4.53. The van der Waals surface area contributed by atoms with E-state index >= 15 is 0 Å². The quantitative estimate of drug-likeness (QED) is 0.761. The number of amides is 1. The molecule has 0 bridgehead atoms. The summed E-state index contributed by atoms with van der Waals surface area (Å²) in [6.07, 6.45) is 3.10. The van der Waals surface area contributed by atoms with E-state index in [-0.39, 0.29) is 0 Å². The highest BCUT2D eigenvalue weighted by molar-refractivity contribution is 5.72. The van der Waals surface area contributed by atoms with Crippen LogP contribution in [-0.2, 0) is 0 Å². The lowest BCUT2D eigenvalue weighted by atomic mass is 9.97. The first-order chi connectivity index (χ1) is 8.08. The molecule has 4 nitrogen and oxygen atoms in total. The smallest absolute Gasteiger partial charge is 0.407 e. The highest BCUT2D eigenvalue weighted by atomic mass is 19.1. The second-order valence-corrected chi connectivity index (χ2v) is 4.03. The van der Waals surface area contributed by atoms with Crippen molar-refractivity contribution in [2.75, 3.05) is 13.1 Å². The fourth-order valence-electron chi connectivity index (χ4n) is 1.95. The number of aromatic nitrogens is 1. The summed E-state index contributed by atoms with van der Waals surface area (Å²) in [5.41, 5.74) is 2.76. The number of hydrogen-bond donors (Lipinski definition) is 1. The number of pyridine rings is 1. The van der Waals surface area contributed by atoms with Crippen molar-refractivity contribution < 1.29 is 14.3 Å². The molecule has 0 spiro atoms. The van der Waals surface area contributed by atoms with E-state index in [4.69, 9.17) is 5.11 Å². The number of aryl methyl sites for hydroxylation is 1. The molecule has 0 fully saturated rings. The highest BCUT2D eigenvalue weighted by Gasteiger charge is 2.17. The predicted molar refractivity (Wildman–Crippen MR) is 61.1 cm³/mol. The Morgan fingerprint density at radius 3 is 2.88 bits per heavy atom. The SMILES string of the molecule is Cc1cc(F)ncc1C1=CCN(C(=O)O)CC1. The lowest BCUT2D eigenvalue weighted by Crippen LogP contribution is -2.33. The summed E-state index contributed by atoms with van der Waals surface area (Å²) in [6.45, 7) is 2.67. The molecule has 1 aromatic rings. The molecule has 0 aliphatic carbocycles. The standard InChI is InChI=1S/C12H13FN2O2/c1-8-6-11(13)14-7-10(8)9-2-4-15(5-3-9)12(16)17/h2,6-7H,3-5H2,1H3,(H,16,17). The van der Waals surface area contributed by atoms with Crippen molar-refractivity contribution in [2.24, 2.45) is 0 Å². The first kappa shape index (κ1) is 11.6. The Hall–Kier alpha value is -1.91. The van der Waals surface area contributed by atoms with Gasteiger partial charge in [-0.1, -0.05) is 6.08 Å². The molecule has 1 amide bonds. The maximum Gasteiger partial charge on any atom is 0.407 e. The Bertz CT molecular complexity index is 485. The van der Waals surface area contributed by atoms with Crippen LogP contribution in [0.2, 0.25) is 0 Å². The predicted octanol–water partition coefficient (Wildman–Crippen LogP) is 2.30. The minimum atomic E-state index is -0.908. The van der Waals surface area contributed by atoms with E-state index in [0.29, 0.717) is 19.5 Å². The maximum atomic E-state index is 12.9. The molecular formula is C12H13FN2O2. The highest BCUT2D eigenvalue weighted by Crippen LogP contribution is 2.24. The van der Waals surface area contributed by atoms with Gasteiger partial charge in [0.25, 0.3) is 0 Å². The van der Waals surface area contributed by atoms with Gasteiger partial charge >= 0.3 is 6.09 Å². The summed E-state index contributed by atoms with van der Waals surface area (Å²) in [5, 5.41) is 8.82. The van der Waals surface area contributed by atoms with E-state index in [9.17, 15) is 9.18 Å². The van der Waals surface area contributed by atoms with Crippen molar-refractivity contribution in [3.63, 3.8) is 0 Å². The van der Waals surface area contributed by atoms with Gasteiger partial charge in [-0.2, -0.15) is 4.39 Å². The van der Waals surface area contributed by atoms with Crippen LogP contribution in [0.25, 0.3) is 5.57 Å². The lowest BCUT2D eigenvalue weighted by molar-refractivity contribution is 0.150. The third kappa shape index (κ3) is 2.43. The summed E-state index contributed by atoms with van der Waals surface area (Å²) in [5.74, 6) is -0.491. The molecule has 0 aromatic carbocycles. The van der Waals surface area contributed by atoms with Crippen LogP contribution in [0.3, 0.4) is 0 Å². The van der Waals surface area contributed by atoms with Gasteiger partial charge in [0.2, 0.25) is 5.95 Å². The van der Waals surface area contributed by atoms with Gasteiger partial charge in [0, 0.05) is 19.3 Å². The number of nitrogens with zero attached hydrogens (tertiary/aromatic N) is 2. The average molecular weight is 236 g/mol. The molecule has 90 valence electrons. The van der Waals surface area contributed by atoms with Crippen LogP contribution >= 0.6 is 0 Å². The molecule has 5 heteroatoms. The molecular weight excluding hydrogens is 223 g/mol. The number of rotatable bonds is 1. The molecule has 1 N–H and O–H groups in total. The third-order valence-electron chi connectivity index (χ3n) is 2.90. The zero-order chi connectivity index (χ0) is 12.4. The van der Waals surface area contributed by atoms with Gasteiger partial charge in [0.1, 0.15) is 0 Å². The van der Waals surface area contributed by atoms with E-state index in [1.807, 2.05) is 13.0 Å². The van der Waals surface area contributed by atoms with Gasteiger partial charge in [-0.15, -0.1) is 0 Å². The van der Waals surface area contributed by atoms with Gasteiger partial charge < -0.3 is 10.0 Å². The molecule has 2 rings (SSSR count). The summed E-state index contributed by atoms with van der Waals surface area (Å²) in [7, 11) is 0. The third-order valence-corrected chi connectivity index (χ3v) is 2.90. The zero-order valence-corrected chi connectivity index (χ0v) is 9.48. The Labute approximate surface area is 98.4 Å². The van der Waals surface area contributed by atoms with E-state index in [1.54, 1.807) is 0 Å². The van der Waals surface area contributed by atoms with Crippen LogP contribution < -0.4 is 0 Å². The first-order valence-corrected chi connectivity index (χ1v) is 5.37. The molecule has 1 aromatic heterocycles. The monoisotopic (exact) mass is 236 g/mol. The van der Waals surface area contributed by atoms with Crippen molar-refractivity contribution >= 4 is 11.7 Å². The number of carboxylic acid groups (broad SMARTS) is 1. The number of halogens is 1. The van der Waals surface area contributed by atoms with Crippen molar-refractivity contribution in [2.45, 2.75) is 13.3 Å². The van der Waals surface area contributed by atoms with Crippen molar-refractivity contribution in [1.29, 1.82) is 0 Å². The maximum absolute atomic E-state index is 12.9. The Kier molecular flexibility index (Phi) is 3.08. The fraction of sp³-hybridized carbons (Fsp3) is 0.333. The first-order valence-electron chi connectivity index (χ1n) is 5.37. The van der Waals surface area contributed by atoms with Crippen molar-refractivity contribution in [1.82, 2.24) is 9.88 Å². The zero-order valence-electron chi connectivity index (χ0n) is 9.48. The largest absolute Gasteiger partial charge is 0.465 e. The number of carbonyl (C=O) groups is 1. The normalized spacial score (nSPS) is 15.6. The Balaban J connectivity index is 2.22. The minimum Gasteiger partial charge on any atom is -0.465 e. The molecule has 2 heterocycles. The van der Waals surface area contributed by atoms with Crippen LogP contribution in [0.1, 0.15) is 17.5 Å². The summed E-state index contributed by atoms with van der Waals surface area (Å²) >= 11 is 0. The minimum absolute atomic E-state index is 0.376. The Morgan fingerprint density at radius 1 is 1.59 bits per heavy atom. The summed E-state index contributed by atoms with van der Waals surface area (Å²) < 4.78 is 12.9. The number of hydrogen-bond acceptors (Lipinski definition) is 2. The van der Waals surface area contributed by atoms with Gasteiger partial charge in [-0.05, 0) is 36.1 Å². The van der Waals surface area contributed by atoms with E-state index in [2.05, 4.69) is 4.98 Å². The van der Waals surface area contributed by atoms with Gasteiger partial charge in [0.15, 0.2) is 0 Å². The Morgan fingerprint density at radius 2 is 2.35 bits per heavy atom. The van der Waals surface area contributed by atoms with Crippen molar-refractivity contribution in [3.8, 4) is 0 Å². The van der Waals surface area contributed by atoms with Crippen molar-refractivity contribution in [3.05, 3.63) is 35.4 Å². The molecule has 0 atom stereocenters. The summed E-state index contributed by atoms with van der Waals surface area (Å²) in [4.78, 5) is 15.7. The molecule has 0 saturated carbocycles. The van der Waals surface area contributed by atoms with Gasteiger partial charge in [0.05, 0.1) is 0 Å². The molecule has 17 heavy (non-hydrogen) atoms. The lowest BCUT2D eigenvalue weighted by Gasteiger charge is -2.24. The van der Waals surface area contributed by atoms with Crippen LogP contribution in [0.5, 0.6) is 0 Å². The van der Waals surface area contributed by atoms with Crippen LogP contribution in [0.4, 0.5) is 9.18 Å². The second-order valence-electron chi connectivity index (χ2n) is 4.03. The average Bonchev–Trinajstić information content (AvgIpc) is 2.29. The van der Waals surface area contributed by atoms with Crippen LogP contribution in [-0.4, -0.2) is 34.2 Å². The van der Waals surface area contributed by atoms with Gasteiger partial charge in [-0.3, -0.25) is 0 Å². The van der Waals surface area contributed by atoms with E-state index < -0.39 is 12.0 Å². The summed E-state index contributed by atoms with van der Waals surface area (Å²) in [6, 6.07) is 1.39. The van der Waals surface area contributed by atoms with E-state index in [1.165, 1.54) is 17.2 Å². The van der Waals surface area contributed by atoms with Crippen LogP contribution in [0.15, 0.2) is 18.3 Å². The molecule has 0 radical (unpaired) electrons. The van der Waals surface area contributed by atoms with E-state index in [0.717, 1.165) is 16.7 Å². The van der Waals surface area contributed by atoms with Crippen LogP contribution in [0, 0.1) is 12.9 Å². The fourth-order valence-corrected chi connectivity index (χ4v) is 1.95. The topological polar surface area (TPSA) is 53.4 Å². The molecule has 0 saturated heterocycles. The van der Waals surface area contributed by atoms with Gasteiger partial charge in [-0.25, -0.2) is 9.78 Å². The molecule has 1 aliphatic rings. The molecule has 1 aliphatic heterocycles. The molecule has 0 unspecified atom stereocenters.